The van der Waals surface area contributed by atoms with Crippen molar-refractivity contribution in [2.45, 2.75) is 62.5 Å². The van der Waals surface area contributed by atoms with Gasteiger partial charge in [0.1, 0.15) is 17.6 Å². The van der Waals surface area contributed by atoms with Gasteiger partial charge in [-0.05, 0) is 93.4 Å². The molecule has 1 amide bonds. The molecule has 9 rings (SSSR count). The van der Waals surface area contributed by atoms with Gasteiger partial charge in [-0.1, -0.05) is 18.2 Å². The molecule has 1 spiro atoms. The molecule has 0 saturated carbocycles. The summed E-state index contributed by atoms with van der Waals surface area (Å²) in [5.41, 5.74) is 9.02. The van der Waals surface area contributed by atoms with Gasteiger partial charge in [-0.25, -0.2) is 4.98 Å². The lowest BCUT2D eigenvalue weighted by Crippen LogP contribution is -2.62. The minimum atomic E-state index is -0.119. The Morgan fingerprint density at radius 3 is 2.74 bits per heavy atom. The fourth-order valence-electron chi connectivity index (χ4n) is 9.33. The van der Waals surface area contributed by atoms with E-state index in [1.807, 2.05) is 17.0 Å². The van der Waals surface area contributed by atoms with E-state index in [2.05, 4.69) is 53.1 Å². The van der Waals surface area contributed by atoms with Crippen LogP contribution in [0.4, 0.5) is 0 Å². The number of aromatic amines is 2. The number of hydrogen-bond acceptors (Lipinski definition) is 5. The molecule has 4 aromatic rings. The number of nitrogens with zero attached hydrogens (tertiary/aromatic N) is 3. The average molecular weight is 564 g/mol. The SMILES string of the molecule is COc1ccc2c3c1O[C@H]1c4[nH]c(C(=O)N5CCC(c6nc7ccccc7[nH]6)CC5)c(C)c4C[C@H]4[C@H](C2)N(C)CCC314. The second-order valence-corrected chi connectivity index (χ2v) is 13.2. The summed E-state index contributed by atoms with van der Waals surface area (Å²) < 4.78 is 12.7. The number of carbonyl (C=O) groups is 1. The predicted octanol–water partition coefficient (Wildman–Crippen LogP) is 5.03. The maximum atomic E-state index is 14.1. The van der Waals surface area contributed by atoms with Crippen molar-refractivity contribution in [3.8, 4) is 11.5 Å². The fourth-order valence-corrected chi connectivity index (χ4v) is 9.33. The standard InChI is InChI=1S/C34H37N5O3/c1-18-21-17-22-25-16-20-8-9-26(41-3)30-27(20)34(22,12-15-38(25)2)31(42-30)29(21)37-28(18)33(40)39-13-10-19(11-14-39)32-35-23-6-4-5-7-24(23)36-32/h4-9,19,22,25,31,37H,10-17H2,1-3H3,(H,35,36)/t22-,25-,31-,34?/m0/s1. The topological polar surface area (TPSA) is 86.5 Å². The second-order valence-electron chi connectivity index (χ2n) is 13.2. The summed E-state index contributed by atoms with van der Waals surface area (Å²) >= 11 is 0. The number of piperidine rings is 2. The van der Waals surface area contributed by atoms with Crippen molar-refractivity contribution < 1.29 is 14.3 Å². The Hall–Kier alpha value is -3.78. The van der Waals surface area contributed by atoms with Crippen molar-refractivity contribution in [3.63, 3.8) is 0 Å². The van der Waals surface area contributed by atoms with Crippen molar-refractivity contribution in [2.24, 2.45) is 5.92 Å². The Balaban J connectivity index is 1.04. The molecular weight excluding hydrogens is 526 g/mol. The quantitative estimate of drug-likeness (QED) is 0.365. The van der Waals surface area contributed by atoms with Crippen LogP contribution in [0.1, 0.15) is 75.5 Å². The number of hydrogen-bond donors (Lipinski definition) is 2. The van der Waals surface area contributed by atoms with Gasteiger partial charge in [-0.3, -0.25) is 4.79 Å². The highest BCUT2D eigenvalue weighted by Gasteiger charge is 2.65. The molecule has 0 radical (unpaired) electrons. The fraction of sp³-hybridized carbons (Fsp3) is 0.471. The first kappa shape index (κ1) is 24.8. The number of aromatic nitrogens is 3. The van der Waals surface area contributed by atoms with E-state index in [-0.39, 0.29) is 17.4 Å². The van der Waals surface area contributed by atoms with Gasteiger partial charge in [-0.15, -0.1) is 0 Å². The summed E-state index contributed by atoms with van der Waals surface area (Å²) in [4.78, 5) is 30.7. The number of ether oxygens (including phenoxy) is 2. The molecule has 2 aromatic carbocycles. The molecule has 2 aromatic heterocycles. The smallest absolute Gasteiger partial charge is 0.270 e. The number of benzene rings is 2. The summed E-state index contributed by atoms with van der Waals surface area (Å²) in [6.07, 6.45) is 4.77. The number of likely N-dealkylation sites (N-methyl/N-ethyl adjacent to an activating group) is 1. The van der Waals surface area contributed by atoms with Crippen LogP contribution in [-0.4, -0.2) is 70.5 Å². The number of rotatable bonds is 3. The molecule has 2 bridgehead atoms. The highest BCUT2D eigenvalue weighted by molar-refractivity contribution is 5.95. The number of amides is 1. The minimum absolute atomic E-state index is 0.0792. The molecule has 4 atom stereocenters. The van der Waals surface area contributed by atoms with E-state index in [4.69, 9.17) is 14.5 Å². The number of nitrogens with one attached hydrogen (secondary N) is 2. The molecule has 3 aliphatic heterocycles. The van der Waals surface area contributed by atoms with E-state index in [0.717, 1.165) is 97.0 Å². The van der Waals surface area contributed by atoms with Crippen LogP contribution in [0.15, 0.2) is 36.4 Å². The van der Waals surface area contributed by atoms with E-state index in [0.29, 0.717) is 17.9 Å². The average Bonchev–Trinajstić information content (AvgIpc) is 3.70. The van der Waals surface area contributed by atoms with Gasteiger partial charge in [0, 0.05) is 36.0 Å². The lowest BCUT2D eigenvalue weighted by molar-refractivity contribution is -0.0256. The molecule has 8 nitrogen and oxygen atoms in total. The number of H-pyrrole nitrogens is 2. The number of para-hydroxylation sites is 2. The molecule has 2 aliphatic carbocycles. The van der Waals surface area contributed by atoms with Gasteiger partial charge in [-0.2, -0.15) is 0 Å². The molecule has 216 valence electrons. The van der Waals surface area contributed by atoms with E-state index < -0.39 is 0 Å². The van der Waals surface area contributed by atoms with Crippen LogP contribution in [0, 0.1) is 12.8 Å². The van der Waals surface area contributed by atoms with Gasteiger partial charge in [0.15, 0.2) is 11.5 Å². The van der Waals surface area contributed by atoms with Crippen LogP contribution in [0.2, 0.25) is 0 Å². The van der Waals surface area contributed by atoms with Crippen LogP contribution in [-0.2, 0) is 18.3 Å². The molecule has 2 fully saturated rings. The molecule has 5 aliphatic rings. The van der Waals surface area contributed by atoms with E-state index in [1.165, 1.54) is 16.7 Å². The van der Waals surface area contributed by atoms with Crippen LogP contribution < -0.4 is 9.47 Å². The normalized spacial score (nSPS) is 28.0. The van der Waals surface area contributed by atoms with Gasteiger partial charge in [0.2, 0.25) is 0 Å². The Labute approximate surface area is 245 Å². The lowest BCUT2D eigenvalue weighted by Gasteiger charge is -2.57. The van der Waals surface area contributed by atoms with Gasteiger partial charge < -0.3 is 29.2 Å². The Kier molecular flexibility index (Phi) is 5.09. The van der Waals surface area contributed by atoms with Crippen molar-refractivity contribution in [2.75, 3.05) is 33.8 Å². The number of imidazole rings is 1. The highest BCUT2D eigenvalue weighted by atomic mass is 16.5. The van der Waals surface area contributed by atoms with Crippen LogP contribution in [0.3, 0.4) is 0 Å². The first-order valence-corrected chi connectivity index (χ1v) is 15.5. The lowest BCUT2D eigenvalue weighted by atomic mass is 9.51. The molecule has 2 saturated heterocycles. The summed E-state index contributed by atoms with van der Waals surface area (Å²) in [6.45, 7) is 4.65. The Morgan fingerprint density at radius 1 is 1.10 bits per heavy atom. The summed E-state index contributed by atoms with van der Waals surface area (Å²) in [7, 11) is 4.01. The Morgan fingerprint density at radius 2 is 1.93 bits per heavy atom. The van der Waals surface area contributed by atoms with Crippen LogP contribution in [0.25, 0.3) is 11.0 Å². The summed E-state index contributed by atoms with van der Waals surface area (Å²) in [5.74, 6) is 3.69. The predicted molar refractivity (Wildman–Crippen MR) is 159 cm³/mol. The third-order valence-electron chi connectivity index (χ3n) is 11.5. The zero-order valence-electron chi connectivity index (χ0n) is 24.5. The maximum absolute atomic E-state index is 14.1. The van der Waals surface area contributed by atoms with Gasteiger partial charge >= 0.3 is 0 Å². The number of methoxy groups -OCH3 is 1. The monoisotopic (exact) mass is 563 g/mol. The van der Waals surface area contributed by atoms with Crippen molar-refractivity contribution in [1.82, 2.24) is 24.8 Å². The number of fused-ring (bicyclic) bond motifs is 3. The first-order valence-electron chi connectivity index (χ1n) is 15.5. The molecule has 2 N–H and O–H groups in total. The van der Waals surface area contributed by atoms with Crippen LogP contribution in [0.5, 0.6) is 11.5 Å². The summed E-state index contributed by atoms with van der Waals surface area (Å²) in [6, 6.07) is 13.0. The molecular formula is C34H37N5O3. The zero-order chi connectivity index (χ0) is 28.3. The van der Waals surface area contributed by atoms with Gasteiger partial charge in [0.05, 0.1) is 23.8 Å². The highest BCUT2D eigenvalue weighted by Crippen LogP contribution is 2.67. The van der Waals surface area contributed by atoms with E-state index in [9.17, 15) is 4.79 Å². The third-order valence-corrected chi connectivity index (χ3v) is 11.5. The van der Waals surface area contributed by atoms with Crippen LogP contribution >= 0.6 is 0 Å². The van der Waals surface area contributed by atoms with Crippen molar-refractivity contribution in [1.29, 1.82) is 0 Å². The Bertz CT molecular complexity index is 1730. The second kappa shape index (κ2) is 8.63. The largest absolute Gasteiger partial charge is 0.493 e. The van der Waals surface area contributed by atoms with Crippen molar-refractivity contribution >= 4 is 16.9 Å². The zero-order valence-corrected chi connectivity index (χ0v) is 24.5. The maximum Gasteiger partial charge on any atom is 0.270 e. The van der Waals surface area contributed by atoms with E-state index in [1.54, 1.807) is 7.11 Å². The van der Waals surface area contributed by atoms with Gasteiger partial charge in [0.25, 0.3) is 5.91 Å². The molecule has 5 heterocycles. The number of likely N-dealkylation sites (tertiary alicyclic amines) is 2. The molecule has 8 heteroatoms. The molecule has 1 unspecified atom stereocenters. The minimum Gasteiger partial charge on any atom is -0.493 e. The van der Waals surface area contributed by atoms with E-state index >= 15 is 0 Å². The third kappa shape index (κ3) is 3.11. The summed E-state index contributed by atoms with van der Waals surface area (Å²) in [5, 5.41) is 0. The first-order chi connectivity index (χ1) is 20.5. The molecule has 42 heavy (non-hydrogen) atoms. The number of carbonyl (C=O) groups excluding carboxylic acids is 1. The van der Waals surface area contributed by atoms with Crippen molar-refractivity contribution in [3.05, 3.63) is 75.9 Å².